The fraction of sp³-hybridized carbons (Fsp3) is 0.475. The molecule has 0 saturated carbocycles. The first-order chi connectivity index (χ1) is 26.2. The lowest BCUT2D eigenvalue weighted by Gasteiger charge is -2.37. The van der Waals surface area contributed by atoms with Gasteiger partial charge in [-0.25, -0.2) is 4.79 Å². The Morgan fingerprint density at radius 2 is 1.50 bits per heavy atom. The van der Waals surface area contributed by atoms with Crippen molar-refractivity contribution in [1.82, 2.24) is 34.1 Å². The smallest absolute Gasteiger partial charge is 0.324 e. The summed E-state index contributed by atoms with van der Waals surface area (Å²) in [4.78, 5) is 60.1. The van der Waals surface area contributed by atoms with Gasteiger partial charge < -0.3 is 33.1 Å². The van der Waals surface area contributed by atoms with Crippen LogP contribution in [0.4, 0.5) is 4.79 Å². The van der Waals surface area contributed by atoms with Crippen molar-refractivity contribution in [3.05, 3.63) is 87.0 Å². The molecule has 3 saturated heterocycles. The number of benzene rings is 1. The van der Waals surface area contributed by atoms with Crippen LogP contribution in [0.15, 0.2) is 64.7 Å². The van der Waals surface area contributed by atoms with Crippen LogP contribution in [-0.4, -0.2) is 106 Å². The van der Waals surface area contributed by atoms with Crippen LogP contribution >= 0.6 is 0 Å². The Bertz CT molecular complexity index is 2120. The molecule has 54 heavy (non-hydrogen) atoms. The maximum Gasteiger partial charge on any atom is 0.324 e. The monoisotopic (exact) mass is 739 g/mol. The summed E-state index contributed by atoms with van der Waals surface area (Å²) in [5.74, 6) is 1.21. The molecule has 3 aliphatic heterocycles. The summed E-state index contributed by atoms with van der Waals surface area (Å²) in [6.45, 7) is 6.24. The van der Waals surface area contributed by atoms with Gasteiger partial charge in [-0.1, -0.05) is 6.07 Å². The van der Waals surface area contributed by atoms with E-state index in [1.54, 1.807) is 55.1 Å². The van der Waals surface area contributed by atoms with Crippen LogP contribution in [0.25, 0.3) is 21.9 Å². The third kappa shape index (κ3) is 8.20. The number of pyridine rings is 3. The molecule has 0 aliphatic carbocycles. The van der Waals surface area contributed by atoms with E-state index in [4.69, 9.17) is 14.2 Å². The van der Waals surface area contributed by atoms with E-state index in [1.165, 1.54) is 4.90 Å². The van der Waals surface area contributed by atoms with Gasteiger partial charge in [-0.15, -0.1) is 0 Å². The Morgan fingerprint density at radius 3 is 2.20 bits per heavy atom. The van der Waals surface area contributed by atoms with Crippen LogP contribution in [0.3, 0.4) is 0 Å². The second kappa shape index (κ2) is 16.5. The van der Waals surface area contributed by atoms with E-state index in [0.717, 1.165) is 98.5 Å². The number of rotatable bonds is 12. The number of nitrogens with one attached hydrogen (secondary N) is 1. The molecule has 7 rings (SSSR count). The Morgan fingerprint density at radius 1 is 0.778 bits per heavy atom. The first kappa shape index (κ1) is 37.3. The molecule has 3 amide bonds. The summed E-state index contributed by atoms with van der Waals surface area (Å²) in [5.41, 5.74) is 3.12. The summed E-state index contributed by atoms with van der Waals surface area (Å²) >= 11 is 0. The van der Waals surface area contributed by atoms with Crippen LogP contribution in [0.2, 0.25) is 0 Å². The van der Waals surface area contributed by atoms with Crippen molar-refractivity contribution in [2.45, 2.75) is 63.9 Å². The molecule has 1 aromatic carbocycles. The number of urea groups is 1. The number of methoxy groups -OCH3 is 2. The maximum atomic E-state index is 13.1. The molecule has 1 N–H and O–H groups in total. The van der Waals surface area contributed by atoms with Gasteiger partial charge in [0, 0.05) is 113 Å². The van der Waals surface area contributed by atoms with Gasteiger partial charge in [-0.2, -0.15) is 0 Å². The second-order valence-corrected chi connectivity index (χ2v) is 14.5. The largest absolute Gasteiger partial charge is 0.496 e. The fourth-order valence-electron chi connectivity index (χ4n) is 7.89. The lowest BCUT2D eigenvalue weighted by atomic mass is 9.98. The number of hydrogen-bond acceptors (Lipinski definition) is 10. The van der Waals surface area contributed by atoms with E-state index < -0.39 is 6.03 Å². The number of ether oxygens (including phenoxy) is 3. The van der Waals surface area contributed by atoms with Crippen molar-refractivity contribution in [3.63, 3.8) is 0 Å². The normalized spacial score (nSPS) is 17.9. The number of imide groups is 1. The highest BCUT2D eigenvalue weighted by atomic mass is 16.5. The number of amides is 3. The zero-order valence-corrected chi connectivity index (χ0v) is 31.3. The lowest BCUT2D eigenvalue weighted by Crippen LogP contribution is -2.49. The first-order valence-corrected chi connectivity index (χ1v) is 18.8. The van der Waals surface area contributed by atoms with Crippen molar-refractivity contribution >= 4 is 22.7 Å². The van der Waals surface area contributed by atoms with Gasteiger partial charge in [-0.05, 0) is 55.3 Å². The predicted molar refractivity (Wildman–Crippen MR) is 204 cm³/mol. The molecule has 0 radical (unpaired) electrons. The van der Waals surface area contributed by atoms with E-state index in [2.05, 4.69) is 26.2 Å². The second-order valence-electron chi connectivity index (χ2n) is 14.5. The first-order valence-electron chi connectivity index (χ1n) is 18.8. The van der Waals surface area contributed by atoms with Gasteiger partial charge in [0.25, 0.3) is 11.1 Å². The highest BCUT2D eigenvalue weighted by molar-refractivity contribution is 5.97. The number of carbonyl (C=O) groups excluding carboxylic acids is 2. The molecule has 14 heteroatoms. The molecular weight excluding hydrogens is 690 g/mol. The van der Waals surface area contributed by atoms with E-state index in [-0.39, 0.29) is 42.2 Å². The molecular formula is C40H49N7O7. The summed E-state index contributed by atoms with van der Waals surface area (Å²) in [6.07, 6.45) is 11.5. The van der Waals surface area contributed by atoms with Gasteiger partial charge in [0.1, 0.15) is 11.5 Å². The number of aryl methyl sites for hydroxylation is 1. The van der Waals surface area contributed by atoms with E-state index in [9.17, 15) is 19.2 Å². The molecule has 14 nitrogen and oxygen atoms in total. The van der Waals surface area contributed by atoms with Gasteiger partial charge >= 0.3 is 6.03 Å². The van der Waals surface area contributed by atoms with Gasteiger partial charge in [-0.3, -0.25) is 29.6 Å². The van der Waals surface area contributed by atoms with Gasteiger partial charge in [0.05, 0.1) is 38.4 Å². The van der Waals surface area contributed by atoms with Crippen LogP contribution in [-0.2, 0) is 36.2 Å². The minimum Gasteiger partial charge on any atom is -0.496 e. The minimum absolute atomic E-state index is 0.0972. The standard InChI is InChI=1S/C40H49N7O7/c1-43-26-34(31-6-12-41-23-33(31)39(43)50)32-22-35(52-2)28(21-36(32)53-3)24-45-16-9-30(10-17-45)54-29-7-14-44(15-8-29)19-20-46-13-4-5-27(38(46)49)25-47-18-11-37(48)42-40(47)51/h4-6,12-13,21-23,26,29-30H,7-11,14-20,24-25H2,1-3H3,(H,42,48,51). The quantitative estimate of drug-likeness (QED) is 0.230. The zero-order chi connectivity index (χ0) is 37.8. The van der Waals surface area contributed by atoms with Crippen molar-refractivity contribution in [2.75, 3.05) is 53.5 Å². The van der Waals surface area contributed by atoms with Crippen molar-refractivity contribution < 1.29 is 23.8 Å². The third-order valence-corrected chi connectivity index (χ3v) is 11.0. The minimum atomic E-state index is -0.451. The molecule has 4 aromatic rings. The van der Waals surface area contributed by atoms with Crippen molar-refractivity contribution in [1.29, 1.82) is 0 Å². The molecule has 0 spiro atoms. The van der Waals surface area contributed by atoms with Crippen LogP contribution < -0.4 is 25.9 Å². The topological polar surface area (TPSA) is 140 Å². The predicted octanol–water partition coefficient (Wildman–Crippen LogP) is 3.37. The Labute approximate surface area is 314 Å². The highest BCUT2D eigenvalue weighted by Crippen LogP contribution is 2.39. The Kier molecular flexibility index (Phi) is 11.4. The molecule has 0 unspecified atom stereocenters. The number of aromatic nitrogens is 3. The van der Waals surface area contributed by atoms with Gasteiger partial charge in [0.15, 0.2) is 0 Å². The SMILES string of the molecule is COc1cc(-c2cn(C)c(=O)c3cnccc23)c(OC)cc1CN1CCC(OC2CCN(CCn3cccc(CN4CCC(=O)NC4=O)c3=O)CC2)CC1. The molecule has 0 atom stereocenters. The number of fused-ring (bicyclic) bond motifs is 1. The van der Waals surface area contributed by atoms with E-state index in [0.29, 0.717) is 24.0 Å². The molecule has 0 bridgehead atoms. The summed E-state index contributed by atoms with van der Waals surface area (Å²) in [5, 5.41) is 3.68. The number of piperidine rings is 2. The summed E-state index contributed by atoms with van der Waals surface area (Å²) < 4.78 is 21.7. The van der Waals surface area contributed by atoms with E-state index >= 15 is 0 Å². The highest BCUT2D eigenvalue weighted by Gasteiger charge is 2.28. The molecule has 6 heterocycles. The Balaban J connectivity index is 0.888. The Hall–Kier alpha value is -5.05. The molecule has 3 aromatic heterocycles. The molecule has 286 valence electrons. The fourth-order valence-corrected chi connectivity index (χ4v) is 7.89. The molecule has 3 aliphatic rings. The molecule has 3 fully saturated rings. The summed E-state index contributed by atoms with van der Waals surface area (Å²) in [7, 11) is 5.10. The van der Waals surface area contributed by atoms with E-state index in [1.807, 2.05) is 24.4 Å². The van der Waals surface area contributed by atoms with Crippen molar-refractivity contribution in [2.24, 2.45) is 7.05 Å². The average Bonchev–Trinajstić information content (AvgIpc) is 3.18. The van der Waals surface area contributed by atoms with Gasteiger partial charge in [0.2, 0.25) is 5.91 Å². The number of likely N-dealkylation sites (tertiary alicyclic amines) is 2. The zero-order valence-electron chi connectivity index (χ0n) is 31.3. The number of nitrogens with zero attached hydrogens (tertiary/aromatic N) is 6. The van der Waals surface area contributed by atoms with Crippen LogP contribution in [0, 0.1) is 0 Å². The third-order valence-electron chi connectivity index (χ3n) is 11.0. The lowest BCUT2D eigenvalue weighted by molar-refractivity contribution is -0.121. The summed E-state index contributed by atoms with van der Waals surface area (Å²) in [6, 6.07) is 9.06. The average molecular weight is 740 g/mol. The number of hydrogen-bond donors (Lipinski definition) is 1. The van der Waals surface area contributed by atoms with Crippen LogP contribution in [0.1, 0.15) is 43.2 Å². The van der Waals surface area contributed by atoms with Crippen molar-refractivity contribution in [3.8, 4) is 22.6 Å². The maximum absolute atomic E-state index is 13.1. The number of carbonyl (C=O) groups is 2. The van der Waals surface area contributed by atoms with Crippen LogP contribution in [0.5, 0.6) is 11.5 Å².